The number of hydrogen-bond acceptors (Lipinski definition) is 4. The smallest absolute Gasteiger partial charge is 0.251 e. The molecular weight excluding hydrogens is 318 g/mol. The number of piperidine rings is 1. The van der Waals surface area contributed by atoms with Crippen molar-refractivity contribution < 1.29 is 4.79 Å². The number of thioether (sulfide) groups is 1. The van der Waals surface area contributed by atoms with Crippen LogP contribution in [0, 0.1) is 5.92 Å². The van der Waals surface area contributed by atoms with Gasteiger partial charge in [-0.3, -0.25) is 9.69 Å². The standard InChI is InChI=1S/C19H29N3OS/c1-21(2)17-5-3-4-16(12-17)19(23)20-13-15-6-9-22(10-7-15)18-8-11-24-14-18/h3-5,12,15,18H,6-11,13-14H2,1-2H3,(H,20,23)/t18-/m0/s1. The van der Waals surface area contributed by atoms with Gasteiger partial charge in [0, 0.05) is 43.7 Å². The van der Waals surface area contributed by atoms with Gasteiger partial charge in [-0.2, -0.15) is 11.8 Å². The molecule has 0 spiro atoms. The monoisotopic (exact) mass is 347 g/mol. The van der Waals surface area contributed by atoms with Crippen LogP contribution >= 0.6 is 11.8 Å². The highest BCUT2D eigenvalue weighted by Gasteiger charge is 2.27. The van der Waals surface area contributed by atoms with Gasteiger partial charge in [-0.15, -0.1) is 0 Å². The summed E-state index contributed by atoms with van der Waals surface area (Å²) in [5.41, 5.74) is 1.81. The molecule has 3 rings (SSSR count). The maximum Gasteiger partial charge on any atom is 0.251 e. The Labute approximate surface area is 150 Å². The van der Waals surface area contributed by atoms with Gasteiger partial charge in [0.15, 0.2) is 0 Å². The van der Waals surface area contributed by atoms with Gasteiger partial charge >= 0.3 is 0 Å². The average Bonchev–Trinajstić information content (AvgIpc) is 3.15. The lowest BCUT2D eigenvalue weighted by Gasteiger charge is -2.35. The molecule has 2 aliphatic heterocycles. The van der Waals surface area contributed by atoms with Crippen LogP contribution in [-0.2, 0) is 0 Å². The zero-order valence-electron chi connectivity index (χ0n) is 14.8. The van der Waals surface area contributed by atoms with Gasteiger partial charge in [-0.25, -0.2) is 0 Å². The van der Waals surface area contributed by atoms with Crippen LogP contribution in [0.5, 0.6) is 0 Å². The van der Waals surface area contributed by atoms with Crippen LogP contribution in [0.2, 0.25) is 0 Å². The minimum Gasteiger partial charge on any atom is -0.378 e. The summed E-state index contributed by atoms with van der Waals surface area (Å²) in [6.07, 6.45) is 3.77. The van der Waals surface area contributed by atoms with Crippen molar-refractivity contribution >= 4 is 23.4 Å². The minimum absolute atomic E-state index is 0.0494. The van der Waals surface area contributed by atoms with E-state index < -0.39 is 0 Å². The van der Waals surface area contributed by atoms with Gasteiger partial charge in [-0.1, -0.05) is 6.07 Å². The molecule has 1 amide bonds. The fourth-order valence-electron chi connectivity index (χ4n) is 3.60. The number of likely N-dealkylation sites (tertiary alicyclic amines) is 1. The first kappa shape index (κ1) is 17.6. The van der Waals surface area contributed by atoms with Crippen molar-refractivity contribution in [1.29, 1.82) is 0 Å². The van der Waals surface area contributed by atoms with Crippen LogP contribution in [-0.4, -0.2) is 62.1 Å². The van der Waals surface area contributed by atoms with Crippen molar-refractivity contribution in [2.24, 2.45) is 5.92 Å². The van der Waals surface area contributed by atoms with E-state index in [1.807, 2.05) is 43.3 Å². The number of carbonyl (C=O) groups is 1. The van der Waals surface area contributed by atoms with E-state index >= 15 is 0 Å². The van der Waals surface area contributed by atoms with Crippen LogP contribution in [0.4, 0.5) is 5.69 Å². The molecule has 4 nitrogen and oxygen atoms in total. The molecule has 0 radical (unpaired) electrons. The molecule has 0 unspecified atom stereocenters. The Hall–Kier alpha value is -1.20. The number of amides is 1. The Morgan fingerprint density at radius 2 is 2.08 bits per heavy atom. The van der Waals surface area contributed by atoms with E-state index in [9.17, 15) is 4.79 Å². The molecular formula is C19H29N3OS. The third-order valence-corrected chi connectivity index (χ3v) is 6.39. The SMILES string of the molecule is CN(C)c1cccc(C(=O)NCC2CCN([C@H]3CCSC3)CC2)c1. The highest BCUT2D eigenvalue weighted by atomic mass is 32.2. The molecule has 0 bridgehead atoms. The Morgan fingerprint density at radius 3 is 2.75 bits per heavy atom. The summed E-state index contributed by atoms with van der Waals surface area (Å²) >= 11 is 2.09. The molecule has 24 heavy (non-hydrogen) atoms. The van der Waals surface area contributed by atoms with E-state index in [4.69, 9.17) is 0 Å². The van der Waals surface area contributed by atoms with E-state index in [0.29, 0.717) is 5.92 Å². The van der Waals surface area contributed by atoms with Gasteiger partial charge < -0.3 is 10.2 Å². The average molecular weight is 348 g/mol. The third-order valence-electron chi connectivity index (χ3n) is 5.25. The molecule has 132 valence electrons. The topological polar surface area (TPSA) is 35.6 Å². The zero-order chi connectivity index (χ0) is 16.9. The lowest BCUT2D eigenvalue weighted by molar-refractivity contribution is 0.0928. The second-order valence-corrected chi connectivity index (χ2v) is 8.30. The highest BCUT2D eigenvalue weighted by molar-refractivity contribution is 7.99. The van der Waals surface area contributed by atoms with Crippen LogP contribution in [0.1, 0.15) is 29.6 Å². The predicted molar refractivity (Wildman–Crippen MR) is 103 cm³/mol. The maximum absolute atomic E-state index is 12.4. The van der Waals surface area contributed by atoms with E-state index in [2.05, 4.69) is 22.0 Å². The van der Waals surface area contributed by atoms with Crippen LogP contribution in [0.15, 0.2) is 24.3 Å². The Bertz CT molecular complexity index is 549. The van der Waals surface area contributed by atoms with Crippen molar-refractivity contribution in [3.05, 3.63) is 29.8 Å². The Morgan fingerprint density at radius 1 is 1.29 bits per heavy atom. The van der Waals surface area contributed by atoms with Gasteiger partial charge in [0.25, 0.3) is 5.91 Å². The first-order valence-electron chi connectivity index (χ1n) is 9.01. The molecule has 2 heterocycles. The number of carbonyl (C=O) groups excluding carboxylic acids is 1. The predicted octanol–water partition coefficient (Wildman–Crippen LogP) is 2.70. The fourth-order valence-corrected chi connectivity index (χ4v) is 4.85. The first-order chi connectivity index (χ1) is 11.6. The zero-order valence-corrected chi connectivity index (χ0v) is 15.6. The number of benzene rings is 1. The molecule has 1 N–H and O–H groups in total. The summed E-state index contributed by atoms with van der Waals surface area (Å²) < 4.78 is 0. The summed E-state index contributed by atoms with van der Waals surface area (Å²) in [6.45, 7) is 3.20. The van der Waals surface area contributed by atoms with Gasteiger partial charge in [-0.05, 0) is 62.2 Å². The molecule has 2 aliphatic rings. The van der Waals surface area contributed by atoms with E-state index in [1.165, 1.54) is 43.9 Å². The molecule has 1 aromatic rings. The highest BCUT2D eigenvalue weighted by Crippen LogP contribution is 2.26. The van der Waals surface area contributed by atoms with Crippen LogP contribution in [0.25, 0.3) is 0 Å². The number of hydrogen-bond donors (Lipinski definition) is 1. The van der Waals surface area contributed by atoms with E-state index in [0.717, 1.165) is 23.8 Å². The number of nitrogens with zero attached hydrogens (tertiary/aromatic N) is 2. The first-order valence-corrected chi connectivity index (χ1v) is 10.2. The lowest BCUT2D eigenvalue weighted by Crippen LogP contribution is -2.43. The van der Waals surface area contributed by atoms with Crippen molar-refractivity contribution in [3.8, 4) is 0 Å². The normalized spacial score (nSPS) is 22.5. The Balaban J connectivity index is 1.44. The molecule has 2 fully saturated rings. The molecule has 1 aromatic carbocycles. The van der Waals surface area contributed by atoms with Crippen molar-refractivity contribution in [2.45, 2.75) is 25.3 Å². The third kappa shape index (κ3) is 4.45. The van der Waals surface area contributed by atoms with Crippen LogP contribution in [0.3, 0.4) is 0 Å². The summed E-state index contributed by atoms with van der Waals surface area (Å²) in [5, 5.41) is 3.14. The molecule has 2 saturated heterocycles. The summed E-state index contributed by atoms with van der Waals surface area (Å²) in [5.74, 6) is 3.31. The molecule has 5 heteroatoms. The fraction of sp³-hybridized carbons (Fsp3) is 0.632. The summed E-state index contributed by atoms with van der Waals surface area (Å²) in [6, 6.07) is 8.62. The summed E-state index contributed by atoms with van der Waals surface area (Å²) in [4.78, 5) is 17.1. The second-order valence-electron chi connectivity index (χ2n) is 7.15. The van der Waals surface area contributed by atoms with Crippen molar-refractivity contribution in [3.63, 3.8) is 0 Å². The molecule has 1 atom stereocenters. The van der Waals surface area contributed by atoms with Crippen LogP contribution < -0.4 is 10.2 Å². The number of nitrogens with one attached hydrogen (secondary N) is 1. The number of rotatable bonds is 5. The summed E-state index contributed by atoms with van der Waals surface area (Å²) in [7, 11) is 3.99. The molecule has 0 aliphatic carbocycles. The maximum atomic E-state index is 12.4. The van der Waals surface area contributed by atoms with E-state index in [1.54, 1.807) is 0 Å². The van der Waals surface area contributed by atoms with Crippen molar-refractivity contribution in [2.75, 3.05) is 50.1 Å². The molecule has 0 aromatic heterocycles. The van der Waals surface area contributed by atoms with Gasteiger partial charge in [0.1, 0.15) is 0 Å². The Kier molecular flexibility index (Phi) is 6.06. The quantitative estimate of drug-likeness (QED) is 0.888. The number of anilines is 1. The van der Waals surface area contributed by atoms with Gasteiger partial charge in [0.05, 0.1) is 0 Å². The second kappa shape index (κ2) is 8.26. The minimum atomic E-state index is 0.0494. The van der Waals surface area contributed by atoms with E-state index in [-0.39, 0.29) is 5.91 Å². The van der Waals surface area contributed by atoms with Crippen molar-refractivity contribution in [1.82, 2.24) is 10.2 Å². The molecule has 0 saturated carbocycles. The largest absolute Gasteiger partial charge is 0.378 e. The lowest BCUT2D eigenvalue weighted by atomic mass is 9.95. The van der Waals surface area contributed by atoms with Gasteiger partial charge in [0.2, 0.25) is 0 Å².